The highest BCUT2D eigenvalue weighted by Gasteiger charge is 2.29. The van der Waals surface area contributed by atoms with Gasteiger partial charge in [0.05, 0.1) is 12.7 Å². The van der Waals surface area contributed by atoms with E-state index < -0.39 is 0 Å². The van der Waals surface area contributed by atoms with Crippen molar-refractivity contribution in [3.8, 4) is 11.5 Å². The third-order valence-electron chi connectivity index (χ3n) is 4.45. The highest BCUT2D eigenvalue weighted by Crippen LogP contribution is 2.33. The number of rotatable bonds is 6. The molecule has 1 aliphatic heterocycles. The predicted octanol–water partition coefficient (Wildman–Crippen LogP) is 3.48. The molecular formula is C19H24N2O3S. The largest absolute Gasteiger partial charge is 0.490 e. The van der Waals surface area contributed by atoms with E-state index in [2.05, 4.69) is 5.32 Å². The van der Waals surface area contributed by atoms with Crippen LogP contribution in [0.3, 0.4) is 0 Å². The number of nitrogens with zero attached hydrogens (tertiary/aromatic N) is 1. The van der Waals surface area contributed by atoms with Gasteiger partial charge in [0.15, 0.2) is 16.6 Å². The van der Waals surface area contributed by atoms with Crippen molar-refractivity contribution in [2.45, 2.75) is 45.6 Å². The van der Waals surface area contributed by atoms with Crippen molar-refractivity contribution in [2.24, 2.45) is 0 Å². The normalized spacial score (nSPS) is 19.6. The third-order valence-corrected chi connectivity index (χ3v) is 4.78. The molecule has 6 heteroatoms. The fraction of sp³-hybridized carbons (Fsp3) is 0.474. The molecule has 0 spiro atoms. The topological polar surface area (TPSA) is 50.8 Å². The van der Waals surface area contributed by atoms with Gasteiger partial charge in [-0.3, -0.25) is 9.69 Å². The zero-order valence-corrected chi connectivity index (χ0v) is 15.5. The van der Waals surface area contributed by atoms with Crippen LogP contribution in [0.15, 0.2) is 23.9 Å². The van der Waals surface area contributed by atoms with Crippen molar-refractivity contribution in [3.05, 3.63) is 29.5 Å². The smallest absolute Gasteiger partial charge is 0.276 e. The molecule has 1 heterocycles. The first kappa shape index (κ1) is 17.7. The Labute approximate surface area is 154 Å². The van der Waals surface area contributed by atoms with Crippen LogP contribution in [0.25, 0.3) is 6.08 Å². The van der Waals surface area contributed by atoms with Gasteiger partial charge < -0.3 is 14.8 Å². The molecule has 1 aromatic rings. The zero-order chi connectivity index (χ0) is 17.8. The summed E-state index contributed by atoms with van der Waals surface area (Å²) in [6, 6.07) is 5.77. The van der Waals surface area contributed by atoms with Gasteiger partial charge in [-0.15, -0.1) is 0 Å². The molecule has 2 aliphatic rings. The summed E-state index contributed by atoms with van der Waals surface area (Å²) in [6.07, 6.45) is 6.71. The molecule has 5 nitrogen and oxygen atoms in total. The van der Waals surface area contributed by atoms with Gasteiger partial charge in [-0.1, -0.05) is 6.07 Å². The lowest BCUT2D eigenvalue weighted by Gasteiger charge is -2.17. The summed E-state index contributed by atoms with van der Waals surface area (Å²) in [5.41, 5.74) is 1.36. The minimum absolute atomic E-state index is 0.100. The van der Waals surface area contributed by atoms with E-state index in [9.17, 15) is 4.79 Å². The van der Waals surface area contributed by atoms with Crippen LogP contribution in [0.2, 0.25) is 0 Å². The van der Waals surface area contributed by atoms with Gasteiger partial charge in [-0.2, -0.15) is 0 Å². The van der Waals surface area contributed by atoms with Gasteiger partial charge in [0, 0.05) is 6.54 Å². The molecule has 1 saturated carbocycles. The zero-order valence-electron chi connectivity index (χ0n) is 14.7. The highest BCUT2D eigenvalue weighted by atomic mass is 32.1. The minimum Gasteiger partial charge on any atom is -0.490 e. The second-order valence-electron chi connectivity index (χ2n) is 6.20. The maximum absolute atomic E-state index is 12.3. The van der Waals surface area contributed by atoms with Crippen molar-refractivity contribution in [1.82, 2.24) is 10.2 Å². The number of benzene rings is 1. The average Bonchev–Trinajstić information content (AvgIpc) is 3.19. The van der Waals surface area contributed by atoms with E-state index in [0.717, 1.165) is 24.2 Å². The standard InChI is InChI=1S/C19H24N2O3S/c1-3-21-18(22)15(20-19(21)25)11-13-9-10-16(17(12-13)23-4-2)24-14-7-5-6-8-14/h9-12,14H,3-8H2,1-2H3,(H,20,25)/b15-11+. The summed E-state index contributed by atoms with van der Waals surface area (Å²) in [6.45, 7) is 4.97. The summed E-state index contributed by atoms with van der Waals surface area (Å²) < 4.78 is 11.8. The van der Waals surface area contributed by atoms with Crippen molar-refractivity contribution in [3.63, 3.8) is 0 Å². The molecule has 0 atom stereocenters. The lowest BCUT2D eigenvalue weighted by atomic mass is 10.1. The Bertz CT molecular complexity index is 696. The van der Waals surface area contributed by atoms with E-state index in [1.54, 1.807) is 11.0 Å². The SMILES string of the molecule is CCOc1cc(/C=C2/NC(=S)N(CC)C2=O)ccc1OC1CCCC1. The molecule has 1 amide bonds. The molecule has 1 aliphatic carbocycles. The van der Waals surface area contributed by atoms with E-state index >= 15 is 0 Å². The molecule has 25 heavy (non-hydrogen) atoms. The summed E-state index contributed by atoms with van der Waals surface area (Å²) in [4.78, 5) is 13.9. The number of hydrogen-bond donors (Lipinski definition) is 1. The number of thiocarbonyl (C=S) groups is 1. The summed E-state index contributed by atoms with van der Waals surface area (Å²) in [7, 11) is 0. The number of amides is 1. The van der Waals surface area contributed by atoms with Crippen LogP contribution in [-0.4, -0.2) is 35.2 Å². The number of ether oxygens (including phenoxy) is 2. The number of likely N-dealkylation sites (N-methyl/N-ethyl adjacent to an activating group) is 1. The first-order valence-electron chi connectivity index (χ1n) is 8.90. The van der Waals surface area contributed by atoms with Crippen LogP contribution >= 0.6 is 12.2 Å². The van der Waals surface area contributed by atoms with E-state index in [1.165, 1.54) is 12.8 Å². The lowest BCUT2D eigenvalue weighted by Crippen LogP contribution is -2.30. The van der Waals surface area contributed by atoms with Gasteiger partial charge in [0.2, 0.25) is 0 Å². The molecule has 134 valence electrons. The van der Waals surface area contributed by atoms with Crippen LogP contribution in [-0.2, 0) is 4.79 Å². The maximum atomic E-state index is 12.3. The Hall–Kier alpha value is -2.08. The van der Waals surface area contributed by atoms with Crippen LogP contribution < -0.4 is 14.8 Å². The number of carbonyl (C=O) groups is 1. The first-order valence-corrected chi connectivity index (χ1v) is 9.31. The average molecular weight is 360 g/mol. The molecule has 1 saturated heterocycles. The van der Waals surface area contributed by atoms with E-state index in [0.29, 0.717) is 29.7 Å². The molecule has 0 radical (unpaired) electrons. The molecule has 2 fully saturated rings. The summed E-state index contributed by atoms with van der Waals surface area (Å²) in [5.74, 6) is 1.38. The summed E-state index contributed by atoms with van der Waals surface area (Å²) in [5, 5.41) is 3.42. The van der Waals surface area contributed by atoms with Crippen LogP contribution in [0, 0.1) is 0 Å². The fourth-order valence-electron chi connectivity index (χ4n) is 3.19. The van der Waals surface area contributed by atoms with Gasteiger partial charge in [-0.05, 0) is 75.5 Å². The molecule has 1 N–H and O–H groups in total. The molecule has 0 unspecified atom stereocenters. The second kappa shape index (κ2) is 7.87. The summed E-state index contributed by atoms with van der Waals surface area (Å²) >= 11 is 5.19. The first-order chi connectivity index (χ1) is 12.1. The fourth-order valence-corrected chi connectivity index (χ4v) is 3.51. The number of carbonyl (C=O) groups excluding carboxylic acids is 1. The van der Waals surface area contributed by atoms with Crippen molar-refractivity contribution in [2.75, 3.05) is 13.2 Å². The van der Waals surface area contributed by atoms with Crippen LogP contribution in [0.5, 0.6) is 11.5 Å². The van der Waals surface area contributed by atoms with E-state index in [-0.39, 0.29) is 12.0 Å². The van der Waals surface area contributed by atoms with Gasteiger partial charge in [0.1, 0.15) is 5.70 Å². The monoisotopic (exact) mass is 360 g/mol. The maximum Gasteiger partial charge on any atom is 0.276 e. The molecule has 3 rings (SSSR count). The Morgan fingerprint density at radius 2 is 2.04 bits per heavy atom. The minimum atomic E-state index is -0.100. The van der Waals surface area contributed by atoms with Crippen molar-refractivity contribution in [1.29, 1.82) is 0 Å². The van der Waals surface area contributed by atoms with Crippen molar-refractivity contribution >= 4 is 29.3 Å². The molecular weight excluding hydrogens is 336 g/mol. The quantitative estimate of drug-likeness (QED) is 0.622. The Morgan fingerprint density at radius 3 is 2.68 bits per heavy atom. The second-order valence-corrected chi connectivity index (χ2v) is 6.59. The highest BCUT2D eigenvalue weighted by molar-refractivity contribution is 7.80. The van der Waals surface area contributed by atoms with Gasteiger partial charge in [0.25, 0.3) is 5.91 Å². The lowest BCUT2D eigenvalue weighted by molar-refractivity contribution is -0.122. The van der Waals surface area contributed by atoms with Crippen LogP contribution in [0.1, 0.15) is 45.1 Å². The third kappa shape index (κ3) is 3.95. The van der Waals surface area contributed by atoms with Crippen LogP contribution in [0.4, 0.5) is 0 Å². The van der Waals surface area contributed by atoms with Crippen molar-refractivity contribution < 1.29 is 14.3 Å². The Balaban J connectivity index is 1.82. The number of nitrogens with one attached hydrogen (secondary N) is 1. The Kier molecular flexibility index (Phi) is 5.58. The van der Waals surface area contributed by atoms with E-state index in [1.807, 2.05) is 32.0 Å². The van der Waals surface area contributed by atoms with Gasteiger partial charge >= 0.3 is 0 Å². The Morgan fingerprint density at radius 1 is 1.28 bits per heavy atom. The molecule has 1 aromatic carbocycles. The molecule has 0 bridgehead atoms. The van der Waals surface area contributed by atoms with E-state index in [4.69, 9.17) is 21.7 Å². The molecule has 0 aromatic heterocycles. The number of hydrogen-bond acceptors (Lipinski definition) is 4. The van der Waals surface area contributed by atoms with Gasteiger partial charge in [-0.25, -0.2) is 0 Å². The predicted molar refractivity (Wildman–Crippen MR) is 102 cm³/mol.